The Morgan fingerprint density at radius 3 is 2.19 bits per heavy atom. The molecule has 1 heteroatoms. The van der Waals surface area contributed by atoms with E-state index in [9.17, 15) is 0 Å². The Kier molecular flexibility index (Phi) is 4.53. The maximum atomic E-state index is 4.23. The number of anilines is 2. The fourth-order valence-electron chi connectivity index (χ4n) is 3.29. The summed E-state index contributed by atoms with van der Waals surface area (Å²) < 4.78 is 0. The van der Waals surface area contributed by atoms with Crippen molar-refractivity contribution in [3.05, 3.63) is 115 Å². The second kappa shape index (κ2) is 7.28. The van der Waals surface area contributed by atoms with Gasteiger partial charge in [0, 0.05) is 23.5 Å². The van der Waals surface area contributed by atoms with Gasteiger partial charge in [-0.2, -0.15) is 0 Å². The number of hydrogen-bond donors (Lipinski definition) is 0. The van der Waals surface area contributed by atoms with Gasteiger partial charge in [0.15, 0.2) is 0 Å². The Bertz CT molecular complexity index is 963. The van der Waals surface area contributed by atoms with Gasteiger partial charge in [-0.25, -0.2) is 0 Å². The molecule has 0 bridgehead atoms. The van der Waals surface area contributed by atoms with Gasteiger partial charge >= 0.3 is 0 Å². The van der Waals surface area contributed by atoms with Crippen LogP contribution >= 0.6 is 0 Å². The summed E-state index contributed by atoms with van der Waals surface area (Å²) in [5.74, 6) is 0. The second-order valence-electron chi connectivity index (χ2n) is 6.35. The van der Waals surface area contributed by atoms with Gasteiger partial charge in [0.05, 0.1) is 0 Å². The SMILES string of the molecule is C=C1/C=C\C=C/CN(c2ccc(-c3ccccc3)cc2)c2ccccc21. The molecule has 1 nitrogen and oxygen atoms in total. The molecule has 0 saturated heterocycles. The first-order valence-corrected chi connectivity index (χ1v) is 8.87. The Balaban J connectivity index is 1.74. The smallest absolute Gasteiger partial charge is 0.0493 e. The first kappa shape index (κ1) is 16.2. The van der Waals surface area contributed by atoms with Crippen LogP contribution in [0.3, 0.4) is 0 Å². The summed E-state index contributed by atoms with van der Waals surface area (Å²) in [6.45, 7) is 5.05. The molecule has 0 unspecified atom stereocenters. The molecule has 0 N–H and O–H groups in total. The highest BCUT2D eigenvalue weighted by Gasteiger charge is 2.14. The van der Waals surface area contributed by atoms with Crippen molar-refractivity contribution in [2.45, 2.75) is 0 Å². The van der Waals surface area contributed by atoms with Crippen LogP contribution in [0.1, 0.15) is 5.56 Å². The van der Waals surface area contributed by atoms with Crippen LogP contribution in [0.15, 0.2) is 110 Å². The topological polar surface area (TPSA) is 3.24 Å². The van der Waals surface area contributed by atoms with E-state index in [4.69, 9.17) is 0 Å². The van der Waals surface area contributed by atoms with Crippen LogP contribution in [0, 0.1) is 0 Å². The van der Waals surface area contributed by atoms with Crippen molar-refractivity contribution in [1.29, 1.82) is 0 Å². The molecule has 0 spiro atoms. The lowest BCUT2D eigenvalue weighted by Gasteiger charge is -2.26. The van der Waals surface area contributed by atoms with Gasteiger partial charge in [0.1, 0.15) is 0 Å². The van der Waals surface area contributed by atoms with Gasteiger partial charge in [0.25, 0.3) is 0 Å². The summed E-state index contributed by atoms with van der Waals surface area (Å²) in [6.07, 6.45) is 8.39. The summed E-state index contributed by atoms with van der Waals surface area (Å²) in [6, 6.07) is 27.7. The molecular formula is C25H21N. The van der Waals surface area contributed by atoms with Crippen LogP contribution in [-0.2, 0) is 0 Å². The van der Waals surface area contributed by atoms with Gasteiger partial charge in [0.2, 0.25) is 0 Å². The maximum absolute atomic E-state index is 4.23. The second-order valence-corrected chi connectivity index (χ2v) is 6.35. The highest BCUT2D eigenvalue weighted by atomic mass is 15.1. The van der Waals surface area contributed by atoms with E-state index in [-0.39, 0.29) is 0 Å². The molecule has 0 saturated carbocycles. The van der Waals surface area contributed by atoms with Gasteiger partial charge < -0.3 is 4.90 Å². The average Bonchev–Trinajstić information content (AvgIpc) is 2.79. The minimum absolute atomic E-state index is 0.819. The number of benzene rings is 3. The van der Waals surface area contributed by atoms with E-state index in [2.05, 4.69) is 109 Å². The molecule has 26 heavy (non-hydrogen) atoms. The summed E-state index contributed by atoms with van der Waals surface area (Å²) >= 11 is 0. The maximum Gasteiger partial charge on any atom is 0.0493 e. The zero-order valence-electron chi connectivity index (χ0n) is 14.7. The molecule has 0 fully saturated rings. The average molecular weight is 335 g/mol. The summed E-state index contributed by atoms with van der Waals surface area (Å²) in [4.78, 5) is 2.33. The summed E-state index contributed by atoms with van der Waals surface area (Å²) in [5.41, 5.74) is 7.02. The largest absolute Gasteiger partial charge is 0.337 e. The van der Waals surface area contributed by atoms with Crippen LogP contribution in [0.2, 0.25) is 0 Å². The Labute approximate surface area is 155 Å². The lowest BCUT2D eigenvalue weighted by Crippen LogP contribution is -2.18. The monoisotopic (exact) mass is 335 g/mol. The van der Waals surface area contributed by atoms with Gasteiger partial charge in [-0.05, 0) is 34.9 Å². The van der Waals surface area contributed by atoms with Crippen LogP contribution in [-0.4, -0.2) is 6.54 Å². The molecule has 0 radical (unpaired) electrons. The molecule has 3 aromatic carbocycles. The Morgan fingerprint density at radius 2 is 1.38 bits per heavy atom. The summed E-state index contributed by atoms with van der Waals surface area (Å²) in [7, 11) is 0. The van der Waals surface area contributed by atoms with Crippen molar-refractivity contribution in [3.63, 3.8) is 0 Å². The molecule has 1 heterocycles. The lowest BCUT2D eigenvalue weighted by atomic mass is 10.0. The molecule has 0 atom stereocenters. The first-order chi connectivity index (χ1) is 12.8. The third-order valence-corrected chi connectivity index (χ3v) is 4.66. The van der Waals surface area contributed by atoms with E-state index < -0.39 is 0 Å². The van der Waals surface area contributed by atoms with Crippen molar-refractivity contribution >= 4 is 16.9 Å². The molecule has 3 aromatic rings. The number of fused-ring (bicyclic) bond motifs is 1. The van der Waals surface area contributed by atoms with Crippen LogP contribution in [0.5, 0.6) is 0 Å². The fraction of sp³-hybridized carbons (Fsp3) is 0.0400. The minimum Gasteiger partial charge on any atom is -0.337 e. The van der Waals surface area contributed by atoms with Crippen molar-refractivity contribution in [2.75, 3.05) is 11.4 Å². The van der Waals surface area contributed by atoms with Gasteiger partial charge in [-0.1, -0.05) is 91.5 Å². The third kappa shape index (κ3) is 3.25. The van der Waals surface area contributed by atoms with Crippen molar-refractivity contribution < 1.29 is 0 Å². The number of allylic oxidation sites excluding steroid dienone is 4. The molecule has 0 amide bonds. The van der Waals surface area contributed by atoms with Crippen LogP contribution in [0.4, 0.5) is 11.4 Å². The highest BCUT2D eigenvalue weighted by molar-refractivity contribution is 5.84. The summed E-state index contributed by atoms with van der Waals surface area (Å²) in [5, 5.41) is 0. The van der Waals surface area contributed by atoms with E-state index in [1.165, 1.54) is 28.1 Å². The standard InChI is InChI=1S/C25H21N/c1-20-10-4-3-9-19-26(25-14-8-7-13-24(20)25)23-17-15-22(16-18-23)21-11-5-2-6-12-21/h2-18H,1,19H2/b9-3-,10-4-. The molecule has 0 aliphatic carbocycles. The van der Waals surface area contributed by atoms with Crippen LogP contribution in [0.25, 0.3) is 16.7 Å². The number of hydrogen-bond acceptors (Lipinski definition) is 1. The molecule has 1 aliphatic rings. The number of para-hydroxylation sites is 1. The van der Waals surface area contributed by atoms with E-state index in [0.717, 1.165) is 12.1 Å². The number of rotatable bonds is 2. The van der Waals surface area contributed by atoms with E-state index >= 15 is 0 Å². The van der Waals surface area contributed by atoms with Crippen LogP contribution < -0.4 is 4.90 Å². The molecule has 126 valence electrons. The predicted octanol–water partition coefficient (Wildman–Crippen LogP) is 6.63. The lowest BCUT2D eigenvalue weighted by molar-refractivity contribution is 1.09. The highest BCUT2D eigenvalue weighted by Crippen LogP contribution is 2.34. The zero-order chi connectivity index (χ0) is 17.8. The van der Waals surface area contributed by atoms with E-state index in [0.29, 0.717) is 0 Å². The van der Waals surface area contributed by atoms with Gasteiger partial charge in [-0.15, -0.1) is 0 Å². The first-order valence-electron chi connectivity index (χ1n) is 8.87. The fourth-order valence-corrected chi connectivity index (χ4v) is 3.29. The normalized spacial score (nSPS) is 16.2. The number of nitrogens with zero attached hydrogens (tertiary/aromatic N) is 1. The van der Waals surface area contributed by atoms with E-state index in [1.807, 2.05) is 6.07 Å². The van der Waals surface area contributed by atoms with Crippen molar-refractivity contribution in [2.24, 2.45) is 0 Å². The quantitative estimate of drug-likeness (QED) is 0.508. The Morgan fingerprint density at radius 1 is 0.692 bits per heavy atom. The molecular weight excluding hydrogens is 314 g/mol. The van der Waals surface area contributed by atoms with Gasteiger partial charge in [-0.3, -0.25) is 0 Å². The van der Waals surface area contributed by atoms with Crippen molar-refractivity contribution in [1.82, 2.24) is 0 Å². The van der Waals surface area contributed by atoms with E-state index in [1.54, 1.807) is 0 Å². The Hall–Kier alpha value is -3.32. The zero-order valence-corrected chi connectivity index (χ0v) is 14.7. The third-order valence-electron chi connectivity index (χ3n) is 4.66. The molecule has 1 aliphatic heterocycles. The predicted molar refractivity (Wildman–Crippen MR) is 113 cm³/mol. The molecule has 0 aromatic heterocycles. The molecule has 4 rings (SSSR count). The minimum atomic E-state index is 0.819. The van der Waals surface area contributed by atoms with Crippen molar-refractivity contribution in [3.8, 4) is 11.1 Å².